The smallest absolute Gasteiger partial charge is 0.220 e. The van der Waals surface area contributed by atoms with Crippen LogP contribution in [0, 0.1) is 0 Å². The van der Waals surface area contributed by atoms with Crippen molar-refractivity contribution in [2.24, 2.45) is 0 Å². The number of unbranched alkanes of at least 4 members (excludes halogenated alkanes) is 41. The molecule has 0 aromatic rings. The van der Waals surface area contributed by atoms with Crippen LogP contribution in [0.15, 0.2) is 60.8 Å². The van der Waals surface area contributed by atoms with Crippen molar-refractivity contribution in [3.8, 4) is 0 Å². The van der Waals surface area contributed by atoms with Gasteiger partial charge in [-0.15, -0.1) is 0 Å². The molecule has 14 heteroatoms. The van der Waals surface area contributed by atoms with E-state index in [9.17, 15) is 45.6 Å². The van der Waals surface area contributed by atoms with Crippen LogP contribution in [0.3, 0.4) is 0 Å². The van der Waals surface area contributed by atoms with Gasteiger partial charge in [0.25, 0.3) is 0 Å². The molecule has 0 aromatic heterocycles. The second-order valence-electron chi connectivity index (χ2n) is 26.4. The lowest BCUT2D eigenvalue weighted by Crippen LogP contribution is -2.65. The number of amides is 1. The Morgan fingerprint density at radius 1 is 0.400 bits per heavy atom. The lowest BCUT2D eigenvalue weighted by molar-refractivity contribution is -0.359. The van der Waals surface area contributed by atoms with Crippen molar-refractivity contribution >= 4 is 5.91 Å². The maximum atomic E-state index is 13.3. The predicted molar refractivity (Wildman–Crippen MR) is 369 cm³/mol. The molecule has 14 nitrogen and oxygen atoms in total. The summed E-state index contributed by atoms with van der Waals surface area (Å²) in [6.07, 6.45) is 64.6. The number of allylic oxidation sites excluding steroid dienone is 9. The number of hydrogen-bond acceptors (Lipinski definition) is 13. The third-order valence-corrected chi connectivity index (χ3v) is 18.2. The number of aliphatic hydroxyl groups excluding tert-OH is 8. The van der Waals surface area contributed by atoms with Crippen molar-refractivity contribution in [2.45, 2.75) is 396 Å². The topological polar surface area (TPSA) is 228 Å². The van der Waals surface area contributed by atoms with Crippen molar-refractivity contribution < 1.29 is 64.6 Å². The molecule has 526 valence electrons. The van der Waals surface area contributed by atoms with Crippen LogP contribution in [0.1, 0.15) is 322 Å². The van der Waals surface area contributed by atoms with E-state index in [1.165, 1.54) is 244 Å². The number of nitrogens with one attached hydrogen (secondary N) is 1. The molecule has 2 aliphatic rings. The summed E-state index contributed by atoms with van der Waals surface area (Å²) in [6.45, 7) is 2.79. The average Bonchev–Trinajstić information content (AvgIpc) is 1.58. The SMILES string of the molecule is CCCCCCC/C=C\C/C=C\C/C=C\CCCCCCCCCCCCCCCCCCCCCCCCCCCCC(=O)NC(COC1OC(CO)C(OC2OC(CO)C(O)C(O)C2O)C(O)C1O)C(O)/C=C/CC/C=C/CCCCCCCCCCC. The number of carbonyl (C=O) groups excluding carboxylic acids is 1. The summed E-state index contributed by atoms with van der Waals surface area (Å²) in [7, 11) is 0. The third-order valence-electron chi connectivity index (χ3n) is 18.2. The Morgan fingerprint density at radius 2 is 0.744 bits per heavy atom. The Bertz CT molecular complexity index is 1740. The summed E-state index contributed by atoms with van der Waals surface area (Å²) in [5.74, 6) is -0.245. The molecule has 12 unspecified atom stereocenters. The average molecular weight is 1270 g/mol. The highest BCUT2D eigenvalue weighted by molar-refractivity contribution is 5.76. The van der Waals surface area contributed by atoms with Gasteiger partial charge in [-0.25, -0.2) is 0 Å². The van der Waals surface area contributed by atoms with Crippen LogP contribution in [0.5, 0.6) is 0 Å². The first-order chi connectivity index (χ1) is 44.1. The zero-order chi connectivity index (χ0) is 65.2. The van der Waals surface area contributed by atoms with E-state index in [1.807, 2.05) is 6.08 Å². The van der Waals surface area contributed by atoms with Gasteiger partial charge in [-0.3, -0.25) is 4.79 Å². The molecular formula is C76H139NO13. The molecular weight excluding hydrogens is 1130 g/mol. The minimum absolute atomic E-state index is 0.245. The first kappa shape index (κ1) is 83.8. The fourth-order valence-corrected chi connectivity index (χ4v) is 12.2. The van der Waals surface area contributed by atoms with Gasteiger partial charge in [0.1, 0.15) is 48.8 Å². The molecule has 2 fully saturated rings. The monoisotopic (exact) mass is 1270 g/mol. The molecule has 0 radical (unpaired) electrons. The minimum atomic E-state index is -1.79. The largest absolute Gasteiger partial charge is 0.394 e. The summed E-state index contributed by atoms with van der Waals surface area (Å²) in [6, 6.07) is -0.931. The first-order valence-corrected chi connectivity index (χ1v) is 37.5. The Labute approximate surface area is 549 Å². The highest BCUT2D eigenvalue weighted by atomic mass is 16.7. The van der Waals surface area contributed by atoms with E-state index in [0.717, 1.165) is 44.9 Å². The molecule has 2 saturated heterocycles. The normalized spacial score (nSPS) is 23.2. The van der Waals surface area contributed by atoms with Crippen molar-refractivity contribution in [3.63, 3.8) is 0 Å². The summed E-state index contributed by atoms with van der Waals surface area (Å²) in [5, 5.41) is 87.3. The van der Waals surface area contributed by atoms with Gasteiger partial charge in [-0.05, 0) is 70.6 Å². The molecule has 90 heavy (non-hydrogen) atoms. The predicted octanol–water partition coefficient (Wildman–Crippen LogP) is 16.0. The van der Waals surface area contributed by atoms with E-state index < -0.39 is 86.8 Å². The highest BCUT2D eigenvalue weighted by Gasteiger charge is 2.51. The minimum Gasteiger partial charge on any atom is -0.394 e. The van der Waals surface area contributed by atoms with Crippen LogP contribution in [-0.2, 0) is 23.7 Å². The molecule has 0 aromatic carbocycles. The Morgan fingerprint density at radius 3 is 1.17 bits per heavy atom. The lowest BCUT2D eigenvalue weighted by Gasteiger charge is -2.46. The molecule has 2 heterocycles. The Balaban J connectivity index is 1.55. The number of hydrogen-bond donors (Lipinski definition) is 9. The number of rotatable bonds is 62. The second kappa shape index (κ2) is 60.4. The zero-order valence-electron chi connectivity index (χ0n) is 57.4. The Kier molecular flexibility index (Phi) is 56.2. The van der Waals surface area contributed by atoms with E-state index in [-0.39, 0.29) is 18.9 Å². The molecule has 2 rings (SSSR count). The molecule has 12 atom stereocenters. The van der Waals surface area contributed by atoms with Crippen LogP contribution in [0.4, 0.5) is 0 Å². The van der Waals surface area contributed by atoms with E-state index in [0.29, 0.717) is 12.8 Å². The van der Waals surface area contributed by atoms with E-state index in [1.54, 1.807) is 6.08 Å². The summed E-state index contributed by atoms with van der Waals surface area (Å²) in [5.41, 5.74) is 0. The first-order valence-electron chi connectivity index (χ1n) is 37.5. The molecule has 9 N–H and O–H groups in total. The van der Waals surface area contributed by atoms with Crippen molar-refractivity contribution in [1.29, 1.82) is 0 Å². The fourth-order valence-electron chi connectivity index (χ4n) is 12.2. The number of ether oxygens (including phenoxy) is 4. The zero-order valence-corrected chi connectivity index (χ0v) is 57.4. The second-order valence-corrected chi connectivity index (χ2v) is 26.4. The number of carbonyl (C=O) groups is 1. The Hall–Kier alpha value is -2.31. The van der Waals surface area contributed by atoms with Crippen LogP contribution < -0.4 is 5.32 Å². The van der Waals surface area contributed by atoms with Crippen molar-refractivity contribution in [2.75, 3.05) is 19.8 Å². The molecule has 0 saturated carbocycles. The van der Waals surface area contributed by atoms with Gasteiger partial charge in [0.15, 0.2) is 12.6 Å². The highest BCUT2D eigenvalue weighted by Crippen LogP contribution is 2.30. The molecule has 2 aliphatic heterocycles. The van der Waals surface area contributed by atoms with Crippen LogP contribution >= 0.6 is 0 Å². The molecule has 0 spiro atoms. The van der Waals surface area contributed by atoms with Gasteiger partial charge < -0.3 is 65.1 Å². The van der Waals surface area contributed by atoms with Gasteiger partial charge in [0, 0.05) is 6.42 Å². The van der Waals surface area contributed by atoms with E-state index in [4.69, 9.17) is 18.9 Å². The van der Waals surface area contributed by atoms with Crippen molar-refractivity contribution in [1.82, 2.24) is 5.32 Å². The quantitative estimate of drug-likeness (QED) is 0.0204. The third kappa shape index (κ3) is 43.6. The lowest BCUT2D eigenvalue weighted by atomic mass is 9.97. The maximum absolute atomic E-state index is 13.3. The standard InChI is InChI=1S/C76H139NO13/c1-3-5-7-9-11-13-15-17-19-20-21-22-23-24-25-26-27-28-29-30-31-32-33-34-35-36-37-38-39-40-41-42-43-44-46-48-50-52-54-56-58-60-68(81)77-64(65(80)59-57-55-53-51-49-47-45-18-16-14-12-10-8-6-4-2)63-87-75-73(86)71(84)74(67(62-79)89-75)90-76-72(85)70(83)69(82)66(61-78)88-76/h15,17,20-21,23-24,49,51,57,59,64-67,69-76,78-80,82-86H,3-14,16,18-19,22,25-48,50,52-56,58,60-63H2,1-2H3,(H,77,81)/b17-15-,21-20-,24-23-,51-49+,59-57+. The van der Waals surface area contributed by atoms with E-state index >= 15 is 0 Å². The molecule has 1 amide bonds. The summed E-state index contributed by atoms with van der Waals surface area (Å²) < 4.78 is 22.8. The molecule has 0 bridgehead atoms. The maximum Gasteiger partial charge on any atom is 0.220 e. The van der Waals surface area contributed by atoms with Gasteiger partial charge >= 0.3 is 0 Å². The summed E-state index contributed by atoms with van der Waals surface area (Å²) >= 11 is 0. The van der Waals surface area contributed by atoms with Gasteiger partial charge in [-0.1, -0.05) is 306 Å². The molecule has 0 aliphatic carbocycles. The van der Waals surface area contributed by atoms with Crippen LogP contribution in [0.2, 0.25) is 0 Å². The van der Waals surface area contributed by atoms with Crippen LogP contribution in [-0.4, -0.2) is 140 Å². The van der Waals surface area contributed by atoms with Crippen LogP contribution in [0.25, 0.3) is 0 Å². The van der Waals surface area contributed by atoms with Gasteiger partial charge in [-0.2, -0.15) is 0 Å². The number of aliphatic hydroxyl groups is 8. The van der Waals surface area contributed by atoms with Crippen molar-refractivity contribution in [3.05, 3.63) is 60.8 Å². The fraction of sp³-hybridized carbons (Fsp3) is 0.855. The summed E-state index contributed by atoms with van der Waals surface area (Å²) in [4.78, 5) is 13.3. The van der Waals surface area contributed by atoms with E-state index in [2.05, 4.69) is 67.8 Å². The van der Waals surface area contributed by atoms with Gasteiger partial charge in [0.05, 0.1) is 32.0 Å². The van der Waals surface area contributed by atoms with Gasteiger partial charge in [0.2, 0.25) is 5.91 Å².